The lowest BCUT2D eigenvalue weighted by molar-refractivity contribution is -0.384. The molecule has 0 radical (unpaired) electrons. The molecular formula is C35H35N5O9. The number of allylic oxidation sites excluding steroid dienone is 1. The fraction of sp³-hybridized carbons (Fsp3) is 0.229. The first-order chi connectivity index (χ1) is 23.7. The third-order valence-electron chi connectivity index (χ3n) is 7.56. The molecule has 4 N–H and O–H groups in total. The highest BCUT2D eigenvalue weighted by molar-refractivity contribution is 6.02. The minimum absolute atomic E-state index is 0.00375. The van der Waals surface area contributed by atoms with Gasteiger partial charge in [0.2, 0.25) is 0 Å². The van der Waals surface area contributed by atoms with Crippen molar-refractivity contribution in [3.05, 3.63) is 117 Å². The van der Waals surface area contributed by atoms with Gasteiger partial charge >= 0.3 is 12.0 Å². The third kappa shape index (κ3) is 8.23. The van der Waals surface area contributed by atoms with Crippen LogP contribution in [0.5, 0.6) is 17.2 Å². The molecule has 0 aliphatic carbocycles. The predicted molar refractivity (Wildman–Crippen MR) is 180 cm³/mol. The number of esters is 1. The van der Waals surface area contributed by atoms with Crippen molar-refractivity contribution in [3.63, 3.8) is 0 Å². The quantitative estimate of drug-likeness (QED) is 0.0476. The maximum absolute atomic E-state index is 12.5. The number of hydrogen-bond acceptors (Lipinski definition) is 11. The fourth-order valence-corrected chi connectivity index (χ4v) is 5.22. The van der Waals surface area contributed by atoms with Gasteiger partial charge in [-0.1, -0.05) is 36.4 Å². The molecule has 1 aliphatic heterocycles. The van der Waals surface area contributed by atoms with Crippen molar-refractivity contribution in [2.75, 3.05) is 20.3 Å². The molecule has 254 valence electrons. The summed E-state index contributed by atoms with van der Waals surface area (Å²) in [6.07, 6.45) is 0.323. The van der Waals surface area contributed by atoms with Crippen LogP contribution in [0.15, 0.2) is 95.2 Å². The van der Waals surface area contributed by atoms with Crippen LogP contribution in [0.25, 0.3) is 10.8 Å². The number of nitro groups is 1. The van der Waals surface area contributed by atoms with Gasteiger partial charge in [-0.2, -0.15) is 5.10 Å². The smallest absolute Gasteiger partial charge is 0.337 e. The molecule has 0 unspecified atom stereocenters. The lowest BCUT2D eigenvalue weighted by Gasteiger charge is -2.28. The van der Waals surface area contributed by atoms with E-state index < -0.39 is 29.2 Å². The zero-order chi connectivity index (χ0) is 34.9. The summed E-state index contributed by atoms with van der Waals surface area (Å²) in [6.45, 7) is 3.70. The Labute approximate surface area is 281 Å². The highest BCUT2D eigenvalue weighted by Gasteiger charge is 2.32. The number of nitrogens with zero attached hydrogens (tertiary/aromatic N) is 2. The molecule has 5 rings (SSSR count). The molecular weight excluding hydrogens is 634 g/mol. The third-order valence-corrected chi connectivity index (χ3v) is 7.56. The van der Waals surface area contributed by atoms with Gasteiger partial charge in [0.15, 0.2) is 17.7 Å². The van der Waals surface area contributed by atoms with Gasteiger partial charge < -0.3 is 34.7 Å². The number of hydrogen-bond donors (Lipinski definition) is 4. The second kappa shape index (κ2) is 15.6. The summed E-state index contributed by atoms with van der Waals surface area (Å²) >= 11 is 0. The second-order valence-corrected chi connectivity index (χ2v) is 10.8. The summed E-state index contributed by atoms with van der Waals surface area (Å²) in [5.41, 5.74) is 5.26. The summed E-state index contributed by atoms with van der Waals surface area (Å²) < 4.78 is 22.6. The van der Waals surface area contributed by atoms with Crippen molar-refractivity contribution in [2.24, 2.45) is 5.10 Å². The number of carbonyl (C=O) groups is 2. The van der Waals surface area contributed by atoms with E-state index in [0.717, 1.165) is 16.3 Å². The Morgan fingerprint density at radius 1 is 1.04 bits per heavy atom. The number of rotatable bonds is 14. The Bertz CT molecular complexity index is 1910. The molecule has 14 heteroatoms. The Hall–Kier alpha value is -6.15. The minimum Gasteiger partial charge on any atom is -0.490 e. The van der Waals surface area contributed by atoms with Gasteiger partial charge in [0.1, 0.15) is 19.0 Å². The normalized spacial score (nSPS) is 14.9. The maximum atomic E-state index is 12.5. The number of fused-ring (bicyclic) bond motifs is 1. The zero-order valence-electron chi connectivity index (χ0n) is 27.0. The first kappa shape index (κ1) is 34.2. The molecule has 1 heterocycles. The Morgan fingerprint density at radius 3 is 2.53 bits per heavy atom. The lowest BCUT2D eigenvalue weighted by Crippen LogP contribution is -2.45. The molecule has 2 amide bonds. The molecule has 4 aromatic rings. The first-order valence-corrected chi connectivity index (χ1v) is 15.3. The SMILES string of the molecule is CCOc1cc([C@H]2NC(=O)NC(C)=C2C(=O)OC)ccc1OC[C@H](O)N/N=C/c1c(OCc2ccc([N+](=O)[O-])cc2)ccc2ccccc12. The molecule has 49 heavy (non-hydrogen) atoms. The van der Waals surface area contributed by atoms with Crippen LogP contribution in [0.1, 0.15) is 36.6 Å². The second-order valence-electron chi connectivity index (χ2n) is 10.8. The molecule has 2 atom stereocenters. The molecule has 0 spiro atoms. The van der Waals surface area contributed by atoms with Crippen LogP contribution in [-0.2, 0) is 16.1 Å². The van der Waals surface area contributed by atoms with Gasteiger partial charge in [0.05, 0.1) is 36.5 Å². The molecule has 0 bridgehead atoms. The van der Waals surface area contributed by atoms with Crippen LogP contribution in [-0.4, -0.2) is 54.8 Å². The average molecular weight is 670 g/mol. The van der Waals surface area contributed by atoms with Gasteiger partial charge in [-0.25, -0.2) is 9.59 Å². The number of amides is 2. The molecule has 1 aliphatic rings. The van der Waals surface area contributed by atoms with E-state index in [1.54, 1.807) is 50.4 Å². The van der Waals surface area contributed by atoms with E-state index in [-0.39, 0.29) is 24.5 Å². The number of aliphatic hydroxyl groups excluding tert-OH is 1. The maximum Gasteiger partial charge on any atom is 0.337 e. The van der Waals surface area contributed by atoms with Crippen molar-refractivity contribution in [1.29, 1.82) is 0 Å². The van der Waals surface area contributed by atoms with Crippen molar-refractivity contribution < 1.29 is 38.6 Å². The lowest BCUT2D eigenvalue weighted by atomic mass is 9.95. The van der Waals surface area contributed by atoms with E-state index in [2.05, 4.69) is 21.2 Å². The van der Waals surface area contributed by atoms with Crippen molar-refractivity contribution >= 4 is 34.7 Å². The summed E-state index contributed by atoms with van der Waals surface area (Å²) in [6, 6.07) is 21.3. The summed E-state index contributed by atoms with van der Waals surface area (Å²) in [5, 5.41) is 33.0. The number of methoxy groups -OCH3 is 1. The van der Waals surface area contributed by atoms with Crippen molar-refractivity contribution in [1.82, 2.24) is 16.1 Å². The van der Waals surface area contributed by atoms with Gasteiger partial charge in [-0.15, -0.1) is 0 Å². The van der Waals surface area contributed by atoms with Crippen LogP contribution in [0, 0.1) is 10.1 Å². The van der Waals surface area contributed by atoms with Crippen LogP contribution in [0.2, 0.25) is 0 Å². The van der Waals surface area contributed by atoms with E-state index in [1.165, 1.54) is 19.2 Å². The highest BCUT2D eigenvalue weighted by atomic mass is 16.6. The van der Waals surface area contributed by atoms with E-state index >= 15 is 0 Å². The number of nitro benzene ring substituents is 1. The summed E-state index contributed by atoms with van der Waals surface area (Å²) in [4.78, 5) is 35.2. The van der Waals surface area contributed by atoms with E-state index in [9.17, 15) is 24.8 Å². The molecule has 0 aromatic heterocycles. The van der Waals surface area contributed by atoms with Crippen molar-refractivity contribution in [3.8, 4) is 17.2 Å². The van der Waals surface area contributed by atoms with E-state index in [4.69, 9.17) is 18.9 Å². The van der Waals surface area contributed by atoms with E-state index in [1.807, 2.05) is 36.4 Å². The van der Waals surface area contributed by atoms with Gasteiger partial charge in [-0.3, -0.25) is 15.5 Å². The zero-order valence-corrected chi connectivity index (χ0v) is 27.0. The largest absolute Gasteiger partial charge is 0.490 e. The van der Waals surface area contributed by atoms with Crippen molar-refractivity contribution in [2.45, 2.75) is 32.7 Å². The minimum atomic E-state index is -1.22. The topological polar surface area (TPSA) is 183 Å². The number of hydrazone groups is 1. The molecule has 0 saturated heterocycles. The Balaban J connectivity index is 1.27. The Morgan fingerprint density at radius 2 is 1.80 bits per heavy atom. The number of carbonyl (C=O) groups excluding carboxylic acids is 2. The number of benzene rings is 4. The summed E-state index contributed by atoms with van der Waals surface area (Å²) in [7, 11) is 1.27. The van der Waals surface area contributed by atoms with Crippen LogP contribution in [0.4, 0.5) is 10.5 Å². The number of ether oxygens (including phenoxy) is 4. The van der Waals surface area contributed by atoms with Gasteiger partial charge in [0, 0.05) is 23.4 Å². The number of urea groups is 1. The van der Waals surface area contributed by atoms with Crippen LogP contribution in [0.3, 0.4) is 0 Å². The standard InChI is InChI=1S/C35H35N5O9/c1-4-47-30-17-24(33-32(34(42)46-3)21(2)37-35(43)38-33)12-16-29(30)49-20-31(41)39-36-18-27-26-8-6-5-7-23(26)11-15-28(27)48-19-22-9-13-25(14-10-22)40(44)45/h5-18,31,33,39,41H,4,19-20H2,1-3H3,(H2,37,38,43)/b36-18+/t31-,33+/m0/s1. The fourth-order valence-electron chi connectivity index (χ4n) is 5.22. The van der Waals surface area contributed by atoms with Gasteiger partial charge in [-0.05, 0) is 66.1 Å². The Kier molecular flexibility index (Phi) is 10.9. The number of non-ortho nitro benzene ring substituents is 1. The molecule has 14 nitrogen and oxygen atoms in total. The molecule has 0 fully saturated rings. The molecule has 4 aromatic carbocycles. The van der Waals surface area contributed by atoms with Gasteiger partial charge in [0.25, 0.3) is 5.69 Å². The number of aliphatic hydroxyl groups is 1. The predicted octanol–water partition coefficient (Wildman–Crippen LogP) is 4.85. The summed E-state index contributed by atoms with van der Waals surface area (Å²) in [5.74, 6) is 0.609. The highest BCUT2D eigenvalue weighted by Crippen LogP contribution is 2.35. The van der Waals surface area contributed by atoms with Crippen LogP contribution < -0.4 is 30.3 Å². The average Bonchev–Trinajstić information content (AvgIpc) is 3.10. The number of nitrogens with one attached hydrogen (secondary N) is 3. The first-order valence-electron chi connectivity index (χ1n) is 15.3. The monoisotopic (exact) mass is 669 g/mol. The molecule has 0 saturated carbocycles. The van der Waals surface area contributed by atoms with Crippen LogP contribution >= 0.6 is 0 Å². The van der Waals surface area contributed by atoms with E-state index in [0.29, 0.717) is 40.7 Å².